The number of halogens is 1. The lowest BCUT2D eigenvalue weighted by molar-refractivity contribution is 0.610. The van der Waals surface area contributed by atoms with Gasteiger partial charge in [0.1, 0.15) is 0 Å². The fourth-order valence-corrected chi connectivity index (χ4v) is 2.38. The maximum Gasteiger partial charge on any atom is 0.178 e. The van der Waals surface area contributed by atoms with Crippen molar-refractivity contribution in [1.29, 1.82) is 0 Å². The summed E-state index contributed by atoms with van der Waals surface area (Å²) >= 11 is 8.73. The molecule has 0 bridgehead atoms. The molecule has 1 aromatic carbocycles. The second-order valence-electron chi connectivity index (χ2n) is 3.56. The van der Waals surface area contributed by atoms with Crippen LogP contribution in [0.4, 0.5) is 0 Å². The third-order valence-corrected chi connectivity index (χ3v) is 2.99. The van der Waals surface area contributed by atoms with E-state index in [1.165, 1.54) is 0 Å². The summed E-state index contributed by atoms with van der Waals surface area (Å²) in [7, 11) is 0. The summed E-state index contributed by atoms with van der Waals surface area (Å²) in [5, 5.41) is 0. The van der Waals surface area contributed by atoms with Crippen LogP contribution in [-0.2, 0) is 0 Å². The molecule has 0 spiro atoms. The molecule has 0 fully saturated rings. The third kappa shape index (κ3) is 1.53. The molecule has 1 N–H and O–H groups in total. The van der Waals surface area contributed by atoms with Crippen molar-refractivity contribution in [2.24, 2.45) is 0 Å². The average Bonchev–Trinajstić information content (AvgIpc) is 2.40. The topological polar surface area (TPSA) is 20.7 Å². The van der Waals surface area contributed by atoms with Crippen molar-refractivity contribution < 1.29 is 0 Å². The smallest absolute Gasteiger partial charge is 0.178 e. The molecule has 0 aliphatic heterocycles. The van der Waals surface area contributed by atoms with Crippen molar-refractivity contribution in [3.63, 3.8) is 0 Å². The second kappa shape index (κ2) is 3.51. The molecule has 1 aromatic heterocycles. The molecule has 1 heterocycles. The normalized spacial score (nSPS) is 11.4. The van der Waals surface area contributed by atoms with E-state index < -0.39 is 0 Å². The van der Waals surface area contributed by atoms with E-state index in [2.05, 4.69) is 45.4 Å². The van der Waals surface area contributed by atoms with Gasteiger partial charge in [0.15, 0.2) is 4.77 Å². The van der Waals surface area contributed by atoms with E-state index in [1.54, 1.807) is 0 Å². The SMILES string of the molecule is CC(C)n1c(=S)[nH]c2ccc(Br)cc21. The van der Waals surface area contributed by atoms with Gasteiger partial charge in [0.2, 0.25) is 0 Å². The standard InChI is InChI=1S/C10H11BrN2S/c1-6(2)13-9-5-7(11)3-4-8(9)12-10(13)14/h3-6H,1-2H3,(H,12,14). The van der Waals surface area contributed by atoms with Crippen molar-refractivity contribution in [1.82, 2.24) is 9.55 Å². The van der Waals surface area contributed by atoms with Crippen LogP contribution in [0.5, 0.6) is 0 Å². The number of imidazole rings is 1. The summed E-state index contributed by atoms with van der Waals surface area (Å²) in [4.78, 5) is 3.19. The molecule has 0 saturated heterocycles. The minimum absolute atomic E-state index is 0.380. The number of hydrogen-bond acceptors (Lipinski definition) is 1. The summed E-state index contributed by atoms with van der Waals surface area (Å²) in [5.41, 5.74) is 2.24. The lowest BCUT2D eigenvalue weighted by atomic mass is 10.3. The highest BCUT2D eigenvalue weighted by Gasteiger charge is 2.06. The molecule has 0 aliphatic rings. The molecule has 2 rings (SSSR count). The Morgan fingerprint density at radius 3 is 2.79 bits per heavy atom. The van der Waals surface area contributed by atoms with Crippen molar-refractivity contribution in [2.45, 2.75) is 19.9 Å². The number of aromatic amines is 1. The van der Waals surface area contributed by atoms with Gasteiger partial charge in [-0.15, -0.1) is 0 Å². The van der Waals surface area contributed by atoms with Crippen LogP contribution >= 0.6 is 28.1 Å². The van der Waals surface area contributed by atoms with Gasteiger partial charge < -0.3 is 9.55 Å². The Labute approximate surface area is 96.1 Å². The van der Waals surface area contributed by atoms with Gasteiger partial charge in [-0.2, -0.15) is 0 Å². The maximum atomic E-state index is 5.26. The van der Waals surface area contributed by atoms with Crippen molar-refractivity contribution in [3.05, 3.63) is 27.4 Å². The molecular weight excluding hydrogens is 260 g/mol. The number of H-pyrrole nitrogens is 1. The van der Waals surface area contributed by atoms with E-state index in [1.807, 2.05) is 12.1 Å². The number of nitrogens with one attached hydrogen (secondary N) is 1. The fourth-order valence-electron chi connectivity index (χ4n) is 1.61. The molecule has 14 heavy (non-hydrogen) atoms. The highest BCUT2D eigenvalue weighted by molar-refractivity contribution is 9.10. The van der Waals surface area contributed by atoms with E-state index in [9.17, 15) is 0 Å². The van der Waals surface area contributed by atoms with E-state index >= 15 is 0 Å². The molecule has 0 atom stereocenters. The Hall–Kier alpha value is -0.610. The van der Waals surface area contributed by atoms with Crippen LogP contribution in [-0.4, -0.2) is 9.55 Å². The van der Waals surface area contributed by atoms with Crippen LogP contribution < -0.4 is 0 Å². The average molecular weight is 271 g/mol. The van der Waals surface area contributed by atoms with Crippen LogP contribution in [0.2, 0.25) is 0 Å². The first-order chi connectivity index (χ1) is 6.59. The zero-order chi connectivity index (χ0) is 10.3. The number of hydrogen-bond donors (Lipinski definition) is 1. The Morgan fingerprint density at radius 1 is 1.43 bits per heavy atom. The van der Waals surface area contributed by atoms with Gasteiger partial charge in [0, 0.05) is 10.5 Å². The lowest BCUT2D eigenvalue weighted by Crippen LogP contribution is -1.99. The fraction of sp³-hybridized carbons (Fsp3) is 0.300. The summed E-state index contributed by atoms with van der Waals surface area (Å²) in [6.07, 6.45) is 0. The molecule has 0 radical (unpaired) electrons. The van der Waals surface area contributed by atoms with Crippen LogP contribution in [0.25, 0.3) is 11.0 Å². The largest absolute Gasteiger partial charge is 0.331 e. The Morgan fingerprint density at radius 2 is 2.14 bits per heavy atom. The number of rotatable bonds is 1. The summed E-state index contributed by atoms with van der Waals surface area (Å²) in [6.45, 7) is 4.26. The van der Waals surface area contributed by atoms with E-state index in [-0.39, 0.29) is 0 Å². The lowest BCUT2D eigenvalue weighted by Gasteiger charge is -2.07. The van der Waals surface area contributed by atoms with Gasteiger partial charge >= 0.3 is 0 Å². The first-order valence-corrected chi connectivity index (χ1v) is 5.69. The predicted molar refractivity (Wildman–Crippen MR) is 65.2 cm³/mol. The Bertz CT molecular complexity index is 524. The molecule has 0 unspecified atom stereocenters. The van der Waals surface area contributed by atoms with Crippen molar-refractivity contribution in [2.75, 3.05) is 0 Å². The van der Waals surface area contributed by atoms with Crippen LogP contribution in [0, 0.1) is 4.77 Å². The first kappa shape index (κ1) is 9.93. The molecule has 74 valence electrons. The quantitative estimate of drug-likeness (QED) is 0.776. The van der Waals surface area contributed by atoms with Crippen LogP contribution in [0.1, 0.15) is 19.9 Å². The summed E-state index contributed by atoms with van der Waals surface area (Å²) in [6, 6.07) is 6.51. The van der Waals surface area contributed by atoms with Gasteiger partial charge in [0.25, 0.3) is 0 Å². The highest BCUT2D eigenvalue weighted by atomic mass is 79.9. The van der Waals surface area contributed by atoms with Gasteiger partial charge in [-0.1, -0.05) is 15.9 Å². The maximum absolute atomic E-state index is 5.26. The van der Waals surface area contributed by atoms with Crippen LogP contribution in [0.3, 0.4) is 0 Å². The van der Waals surface area contributed by atoms with E-state index in [0.717, 1.165) is 20.3 Å². The molecule has 4 heteroatoms. The Kier molecular flexibility index (Phi) is 2.49. The number of aromatic nitrogens is 2. The molecule has 0 aliphatic carbocycles. The van der Waals surface area contributed by atoms with E-state index in [4.69, 9.17) is 12.2 Å². The zero-order valence-corrected chi connectivity index (χ0v) is 10.4. The minimum atomic E-state index is 0.380. The molecule has 0 saturated carbocycles. The van der Waals surface area contributed by atoms with Crippen molar-refractivity contribution >= 4 is 39.2 Å². The number of nitrogens with zero attached hydrogens (tertiary/aromatic N) is 1. The zero-order valence-electron chi connectivity index (χ0n) is 8.04. The second-order valence-corrected chi connectivity index (χ2v) is 4.86. The highest BCUT2D eigenvalue weighted by Crippen LogP contribution is 2.22. The van der Waals surface area contributed by atoms with Crippen molar-refractivity contribution in [3.8, 4) is 0 Å². The summed E-state index contributed by atoms with van der Waals surface area (Å²) < 4.78 is 3.98. The minimum Gasteiger partial charge on any atom is -0.331 e. The molecule has 0 amide bonds. The number of fused-ring (bicyclic) bond motifs is 1. The predicted octanol–water partition coefficient (Wildman–Crippen LogP) is 4.04. The van der Waals surface area contributed by atoms with Crippen LogP contribution in [0.15, 0.2) is 22.7 Å². The molecule has 2 nitrogen and oxygen atoms in total. The van der Waals surface area contributed by atoms with Gasteiger partial charge in [0.05, 0.1) is 11.0 Å². The summed E-state index contributed by atoms with van der Waals surface area (Å²) in [5.74, 6) is 0. The monoisotopic (exact) mass is 270 g/mol. The van der Waals surface area contributed by atoms with E-state index in [0.29, 0.717) is 6.04 Å². The van der Waals surface area contributed by atoms with Gasteiger partial charge in [-0.25, -0.2) is 0 Å². The molecular formula is C10H11BrN2S. The molecule has 2 aromatic rings. The number of benzene rings is 1. The van der Waals surface area contributed by atoms with Gasteiger partial charge in [-0.05, 0) is 44.3 Å². The van der Waals surface area contributed by atoms with Gasteiger partial charge in [-0.3, -0.25) is 0 Å². The first-order valence-electron chi connectivity index (χ1n) is 4.49. The third-order valence-electron chi connectivity index (χ3n) is 2.20. The Balaban J connectivity index is 2.86.